The lowest BCUT2D eigenvalue weighted by atomic mass is 10.3. The maximum atomic E-state index is 10.8. The Morgan fingerprint density at radius 2 is 2.18 bits per heavy atom. The second-order valence-electron chi connectivity index (χ2n) is 2.33. The van der Waals surface area contributed by atoms with Gasteiger partial charge in [-0.3, -0.25) is 0 Å². The monoisotopic (exact) mass is 200 g/mol. The number of hydrogen-bond acceptors (Lipinski definition) is 4. The molecule has 1 aliphatic rings. The van der Waals surface area contributed by atoms with Crippen LogP contribution in [-0.2, 0) is 18.5 Å². The normalized spacial score (nSPS) is 32.5. The summed E-state index contributed by atoms with van der Waals surface area (Å²) in [5.41, 5.74) is 0. The molecule has 0 radical (unpaired) electrons. The summed E-state index contributed by atoms with van der Waals surface area (Å²) in [5.74, 6) is 0. The van der Waals surface area contributed by atoms with Crippen LogP contribution in [0.15, 0.2) is 0 Å². The molecule has 66 valence electrons. The summed E-state index contributed by atoms with van der Waals surface area (Å²) in [6.07, 6.45) is -0.419. The van der Waals surface area contributed by atoms with Gasteiger partial charge in [-0.2, -0.15) is 0 Å². The van der Waals surface area contributed by atoms with E-state index in [1.807, 2.05) is 0 Å². The standard InChI is InChI=1S/C5H9ClO4S/c1-9-4-2-10-3-5(4)11(6,7)8/h4-5H,2-3H2,1H3/t4-,5-/m1/s1. The first-order valence-corrected chi connectivity index (χ1v) is 5.47. The largest absolute Gasteiger partial charge is 0.378 e. The van der Waals surface area contributed by atoms with Gasteiger partial charge in [-0.15, -0.1) is 0 Å². The Labute approximate surface area is 69.9 Å². The predicted molar refractivity (Wildman–Crippen MR) is 40.2 cm³/mol. The van der Waals surface area contributed by atoms with Crippen molar-refractivity contribution >= 4 is 19.7 Å². The zero-order valence-electron chi connectivity index (χ0n) is 5.99. The first-order valence-electron chi connectivity index (χ1n) is 3.09. The molecule has 0 aliphatic carbocycles. The highest BCUT2D eigenvalue weighted by Crippen LogP contribution is 2.19. The molecule has 1 saturated heterocycles. The summed E-state index contributed by atoms with van der Waals surface area (Å²) < 4.78 is 31.4. The van der Waals surface area contributed by atoms with Gasteiger partial charge in [0.1, 0.15) is 11.4 Å². The van der Waals surface area contributed by atoms with Crippen LogP contribution in [0.1, 0.15) is 0 Å². The maximum Gasteiger partial charge on any atom is 0.240 e. The van der Waals surface area contributed by atoms with Crippen molar-refractivity contribution in [3.63, 3.8) is 0 Å². The fraction of sp³-hybridized carbons (Fsp3) is 1.00. The van der Waals surface area contributed by atoms with Gasteiger partial charge in [-0.1, -0.05) is 0 Å². The molecule has 0 unspecified atom stereocenters. The summed E-state index contributed by atoms with van der Waals surface area (Å²) >= 11 is 0. The molecule has 6 heteroatoms. The Hall–Kier alpha value is 0.160. The second kappa shape index (κ2) is 3.26. The molecule has 0 aromatic heterocycles. The number of hydrogen-bond donors (Lipinski definition) is 0. The van der Waals surface area contributed by atoms with Crippen molar-refractivity contribution in [3.8, 4) is 0 Å². The van der Waals surface area contributed by atoms with Crippen molar-refractivity contribution in [1.82, 2.24) is 0 Å². The molecule has 0 N–H and O–H groups in total. The average molecular weight is 201 g/mol. The minimum Gasteiger partial charge on any atom is -0.378 e. The van der Waals surface area contributed by atoms with Crippen molar-refractivity contribution in [2.75, 3.05) is 20.3 Å². The molecule has 0 bridgehead atoms. The van der Waals surface area contributed by atoms with Gasteiger partial charge in [0, 0.05) is 17.8 Å². The SMILES string of the molecule is CO[C@@H]1COC[C@H]1S(=O)(=O)Cl. The molecule has 0 saturated carbocycles. The van der Waals surface area contributed by atoms with E-state index in [1.54, 1.807) is 0 Å². The van der Waals surface area contributed by atoms with Crippen molar-refractivity contribution < 1.29 is 17.9 Å². The molecule has 0 aromatic rings. The smallest absolute Gasteiger partial charge is 0.240 e. The Morgan fingerprint density at radius 1 is 1.55 bits per heavy atom. The van der Waals surface area contributed by atoms with E-state index in [1.165, 1.54) is 7.11 Å². The van der Waals surface area contributed by atoms with Crippen molar-refractivity contribution in [1.29, 1.82) is 0 Å². The van der Waals surface area contributed by atoms with E-state index in [-0.39, 0.29) is 6.61 Å². The van der Waals surface area contributed by atoms with Gasteiger partial charge in [0.15, 0.2) is 0 Å². The van der Waals surface area contributed by atoms with E-state index in [2.05, 4.69) is 0 Å². The Kier molecular flexibility index (Phi) is 2.74. The van der Waals surface area contributed by atoms with Crippen LogP contribution >= 0.6 is 10.7 Å². The second-order valence-corrected chi connectivity index (χ2v) is 5.17. The minimum absolute atomic E-state index is 0.129. The van der Waals surface area contributed by atoms with Crippen LogP contribution in [0.4, 0.5) is 0 Å². The topological polar surface area (TPSA) is 52.6 Å². The molecular weight excluding hydrogens is 192 g/mol. The van der Waals surface area contributed by atoms with Gasteiger partial charge in [0.25, 0.3) is 0 Å². The molecule has 1 fully saturated rings. The van der Waals surface area contributed by atoms with Crippen molar-refractivity contribution in [3.05, 3.63) is 0 Å². The van der Waals surface area contributed by atoms with Crippen LogP contribution in [0.2, 0.25) is 0 Å². The van der Waals surface area contributed by atoms with Crippen LogP contribution in [0.25, 0.3) is 0 Å². The highest BCUT2D eigenvalue weighted by molar-refractivity contribution is 8.14. The predicted octanol–water partition coefficient (Wildman–Crippen LogP) is -0.0312. The zero-order valence-corrected chi connectivity index (χ0v) is 7.56. The lowest BCUT2D eigenvalue weighted by Gasteiger charge is -2.11. The summed E-state index contributed by atoms with van der Waals surface area (Å²) in [7, 11) is 3.02. The molecule has 1 heterocycles. The minimum atomic E-state index is -3.54. The number of ether oxygens (including phenoxy) is 2. The highest BCUT2D eigenvalue weighted by Gasteiger charge is 2.37. The lowest BCUT2D eigenvalue weighted by molar-refractivity contribution is 0.0830. The van der Waals surface area contributed by atoms with E-state index >= 15 is 0 Å². The first-order chi connectivity index (χ1) is 5.05. The van der Waals surface area contributed by atoms with Crippen LogP contribution in [0, 0.1) is 0 Å². The Morgan fingerprint density at radius 3 is 2.55 bits per heavy atom. The van der Waals surface area contributed by atoms with Gasteiger partial charge in [-0.25, -0.2) is 8.42 Å². The molecule has 1 aliphatic heterocycles. The summed E-state index contributed by atoms with van der Waals surface area (Å²) in [5, 5.41) is -0.714. The number of methoxy groups -OCH3 is 1. The summed E-state index contributed by atoms with van der Waals surface area (Å²) in [6.45, 7) is 0.428. The van der Waals surface area contributed by atoms with E-state index in [9.17, 15) is 8.42 Å². The van der Waals surface area contributed by atoms with E-state index in [0.29, 0.717) is 6.61 Å². The highest BCUT2D eigenvalue weighted by atomic mass is 35.7. The van der Waals surface area contributed by atoms with Gasteiger partial charge in [0.2, 0.25) is 9.05 Å². The molecule has 4 nitrogen and oxygen atoms in total. The first kappa shape index (κ1) is 9.25. The zero-order chi connectivity index (χ0) is 8.48. The fourth-order valence-corrected chi connectivity index (χ4v) is 2.31. The average Bonchev–Trinajstić information content (AvgIpc) is 2.31. The van der Waals surface area contributed by atoms with Gasteiger partial charge < -0.3 is 9.47 Å². The Balaban J connectivity index is 2.72. The van der Waals surface area contributed by atoms with Crippen LogP contribution in [0.5, 0.6) is 0 Å². The Bertz CT molecular complexity index is 225. The lowest BCUT2D eigenvalue weighted by Crippen LogP contribution is -2.31. The molecule has 2 atom stereocenters. The molecule has 0 amide bonds. The van der Waals surface area contributed by atoms with E-state index in [4.69, 9.17) is 20.2 Å². The third-order valence-electron chi connectivity index (χ3n) is 1.64. The molecular formula is C5H9ClO4S. The molecule has 1 rings (SSSR count). The maximum absolute atomic E-state index is 10.8. The number of halogens is 1. The summed E-state index contributed by atoms with van der Waals surface area (Å²) in [4.78, 5) is 0. The van der Waals surface area contributed by atoms with Crippen molar-refractivity contribution in [2.24, 2.45) is 0 Å². The summed E-state index contributed by atoms with van der Waals surface area (Å²) in [6, 6.07) is 0. The quantitative estimate of drug-likeness (QED) is 0.588. The van der Waals surface area contributed by atoms with Crippen molar-refractivity contribution in [2.45, 2.75) is 11.4 Å². The molecule has 0 aromatic carbocycles. The number of rotatable bonds is 2. The fourth-order valence-electron chi connectivity index (χ4n) is 0.997. The molecule has 11 heavy (non-hydrogen) atoms. The van der Waals surface area contributed by atoms with E-state index < -0.39 is 20.4 Å². The van der Waals surface area contributed by atoms with Gasteiger partial charge in [0.05, 0.1) is 13.2 Å². The third-order valence-corrected chi connectivity index (χ3v) is 3.49. The third kappa shape index (κ3) is 2.05. The molecule has 0 spiro atoms. The van der Waals surface area contributed by atoms with Crippen LogP contribution < -0.4 is 0 Å². The van der Waals surface area contributed by atoms with Crippen LogP contribution in [-0.4, -0.2) is 40.1 Å². The van der Waals surface area contributed by atoms with Gasteiger partial charge >= 0.3 is 0 Å². The van der Waals surface area contributed by atoms with Crippen LogP contribution in [0.3, 0.4) is 0 Å². The van der Waals surface area contributed by atoms with Gasteiger partial charge in [-0.05, 0) is 0 Å². The van der Waals surface area contributed by atoms with E-state index in [0.717, 1.165) is 0 Å².